The molecule has 9 heteroatoms. The Morgan fingerprint density at radius 1 is 1.33 bits per heavy atom. The minimum absolute atomic E-state index is 0.0584. The second-order valence-electron chi connectivity index (χ2n) is 7.83. The van der Waals surface area contributed by atoms with Crippen LogP contribution in [0, 0.1) is 11.3 Å². The molecule has 1 atom stereocenters. The van der Waals surface area contributed by atoms with Crippen LogP contribution in [-0.4, -0.2) is 40.7 Å². The van der Waals surface area contributed by atoms with Crippen LogP contribution >= 0.6 is 15.9 Å². The Morgan fingerprint density at radius 3 is 2.63 bits per heavy atom. The summed E-state index contributed by atoms with van der Waals surface area (Å²) in [5.74, 6) is 0.198. The minimum Gasteiger partial charge on any atom is -0.496 e. The first-order chi connectivity index (χ1) is 14.1. The zero-order valence-corrected chi connectivity index (χ0v) is 18.0. The molecule has 1 aromatic heterocycles. The molecule has 1 aromatic carbocycles. The fourth-order valence-corrected chi connectivity index (χ4v) is 4.74. The van der Waals surface area contributed by atoms with Gasteiger partial charge in [-0.3, -0.25) is 4.79 Å². The van der Waals surface area contributed by atoms with Gasteiger partial charge in [-0.05, 0) is 58.6 Å². The van der Waals surface area contributed by atoms with Crippen molar-refractivity contribution in [3.8, 4) is 23.1 Å². The number of amides is 1. The van der Waals surface area contributed by atoms with Crippen molar-refractivity contribution in [2.45, 2.75) is 44.4 Å². The predicted molar refractivity (Wildman–Crippen MR) is 107 cm³/mol. The third-order valence-corrected chi connectivity index (χ3v) is 6.55. The van der Waals surface area contributed by atoms with E-state index in [1.165, 1.54) is 18.1 Å². The Bertz CT molecular complexity index is 1090. The summed E-state index contributed by atoms with van der Waals surface area (Å²) in [6, 6.07) is 7.04. The van der Waals surface area contributed by atoms with Crippen LogP contribution in [0.2, 0.25) is 0 Å². The van der Waals surface area contributed by atoms with Crippen LogP contribution in [-0.2, 0) is 19.4 Å². The molecule has 1 fully saturated rings. The van der Waals surface area contributed by atoms with Crippen LogP contribution in [0.5, 0.6) is 5.75 Å². The fraction of sp³-hybridized carbons (Fsp3) is 0.429. The highest BCUT2D eigenvalue weighted by Crippen LogP contribution is 2.42. The minimum atomic E-state index is -4.41. The van der Waals surface area contributed by atoms with Gasteiger partial charge in [0.1, 0.15) is 17.0 Å². The summed E-state index contributed by atoms with van der Waals surface area (Å²) in [6.07, 6.45) is -4.44. The molecule has 0 N–H and O–H groups in total. The van der Waals surface area contributed by atoms with Crippen molar-refractivity contribution < 1.29 is 22.7 Å². The lowest BCUT2D eigenvalue weighted by Gasteiger charge is -2.45. The Labute approximate surface area is 180 Å². The van der Waals surface area contributed by atoms with Gasteiger partial charge in [-0.1, -0.05) is 0 Å². The maximum Gasteiger partial charge on any atom is 0.393 e. The van der Waals surface area contributed by atoms with Gasteiger partial charge >= 0.3 is 6.18 Å². The van der Waals surface area contributed by atoms with E-state index in [0.717, 1.165) is 5.56 Å². The van der Waals surface area contributed by atoms with Gasteiger partial charge in [-0.2, -0.15) is 18.4 Å². The average molecular weight is 482 g/mol. The maximum absolute atomic E-state index is 13.3. The topological polar surface area (TPSA) is 58.3 Å². The smallest absolute Gasteiger partial charge is 0.393 e. The highest BCUT2D eigenvalue weighted by Gasteiger charge is 2.45. The van der Waals surface area contributed by atoms with E-state index in [9.17, 15) is 23.2 Å². The molecule has 3 heterocycles. The fourth-order valence-electron chi connectivity index (χ4n) is 4.23. The first kappa shape index (κ1) is 20.8. The first-order valence-corrected chi connectivity index (χ1v) is 10.3. The van der Waals surface area contributed by atoms with E-state index in [4.69, 9.17) is 4.74 Å². The second kappa shape index (κ2) is 7.05. The van der Waals surface area contributed by atoms with Crippen molar-refractivity contribution in [1.29, 1.82) is 5.26 Å². The molecular formula is C21H19BrF3N3O2. The summed E-state index contributed by atoms with van der Waals surface area (Å²) in [5, 5.41) is 9.40. The van der Waals surface area contributed by atoms with Gasteiger partial charge in [0.2, 0.25) is 0 Å². The number of alkyl halides is 3. The number of carbonyl (C=O) groups is 1. The Kier molecular flexibility index (Phi) is 4.88. The van der Waals surface area contributed by atoms with Crippen LogP contribution < -0.4 is 4.74 Å². The summed E-state index contributed by atoms with van der Waals surface area (Å²) in [5.41, 5.74) is 1.26. The summed E-state index contributed by atoms with van der Waals surface area (Å²) >= 11 is 3.41. The number of hydrogen-bond acceptors (Lipinski definition) is 3. The highest BCUT2D eigenvalue weighted by atomic mass is 79.9. The number of carbonyl (C=O) groups excluding carboxylic acids is 1. The van der Waals surface area contributed by atoms with E-state index in [1.54, 1.807) is 17.6 Å². The standard InChI is InChI=1S/C21H19BrF3N3O2/c1-20(11-26)4-6-28(20)19(29)16-7-13(10-21(23,24)25)18-14-9-15(22)17(30-2)8-12(14)3-5-27(16)18/h7-9H,3-6,10H2,1-2H3/t20-/m1/s1. The molecule has 0 spiro atoms. The molecule has 0 aliphatic carbocycles. The predicted octanol–water partition coefficient (Wildman–Crippen LogP) is 4.72. The van der Waals surface area contributed by atoms with E-state index >= 15 is 0 Å². The monoisotopic (exact) mass is 481 g/mol. The second-order valence-corrected chi connectivity index (χ2v) is 8.69. The van der Waals surface area contributed by atoms with E-state index < -0.39 is 24.0 Å². The van der Waals surface area contributed by atoms with Crippen LogP contribution in [0.4, 0.5) is 13.2 Å². The van der Waals surface area contributed by atoms with Gasteiger partial charge in [-0.25, -0.2) is 0 Å². The lowest BCUT2D eigenvalue weighted by molar-refractivity contribution is -0.127. The molecule has 0 saturated carbocycles. The number of nitrogens with zero attached hydrogens (tertiary/aromatic N) is 3. The lowest BCUT2D eigenvalue weighted by Crippen LogP contribution is -2.59. The van der Waals surface area contributed by atoms with Gasteiger partial charge < -0.3 is 14.2 Å². The third-order valence-electron chi connectivity index (χ3n) is 5.93. The van der Waals surface area contributed by atoms with Crippen molar-refractivity contribution in [1.82, 2.24) is 9.47 Å². The number of likely N-dealkylation sites (tertiary alicyclic amines) is 1. The van der Waals surface area contributed by atoms with Crippen molar-refractivity contribution in [2.24, 2.45) is 0 Å². The third kappa shape index (κ3) is 3.27. The maximum atomic E-state index is 13.3. The molecule has 2 aromatic rings. The molecule has 5 nitrogen and oxygen atoms in total. The first-order valence-electron chi connectivity index (χ1n) is 9.47. The molecule has 1 saturated heterocycles. The quantitative estimate of drug-likeness (QED) is 0.637. The normalized spacial score (nSPS) is 20.1. The Balaban J connectivity index is 1.87. The van der Waals surface area contributed by atoms with Crippen LogP contribution in [0.25, 0.3) is 11.3 Å². The summed E-state index contributed by atoms with van der Waals surface area (Å²) < 4.78 is 47.6. The van der Waals surface area contributed by atoms with Gasteiger partial charge in [0.05, 0.1) is 29.8 Å². The van der Waals surface area contributed by atoms with Gasteiger partial charge in [0, 0.05) is 25.1 Å². The van der Waals surface area contributed by atoms with Gasteiger partial charge in [0.15, 0.2) is 0 Å². The molecule has 0 bridgehead atoms. The summed E-state index contributed by atoms with van der Waals surface area (Å²) in [6.45, 7) is 2.46. The molecule has 2 aliphatic rings. The molecule has 2 aliphatic heterocycles. The zero-order chi connectivity index (χ0) is 21.8. The molecular weight excluding hydrogens is 463 g/mol. The van der Waals surface area contributed by atoms with Crippen molar-refractivity contribution >= 4 is 21.8 Å². The molecule has 1 amide bonds. The molecule has 30 heavy (non-hydrogen) atoms. The van der Waals surface area contributed by atoms with E-state index in [-0.39, 0.29) is 11.3 Å². The summed E-state index contributed by atoms with van der Waals surface area (Å²) in [4.78, 5) is 14.6. The lowest BCUT2D eigenvalue weighted by atomic mass is 9.88. The van der Waals surface area contributed by atoms with Crippen molar-refractivity contribution in [2.75, 3.05) is 13.7 Å². The van der Waals surface area contributed by atoms with Crippen LogP contribution in [0.1, 0.15) is 35.0 Å². The molecule has 0 radical (unpaired) electrons. The van der Waals surface area contributed by atoms with Crippen LogP contribution in [0.3, 0.4) is 0 Å². The number of fused-ring (bicyclic) bond motifs is 3. The number of nitriles is 1. The SMILES string of the molecule is COc1cc2c(cc1Br)-c1c(CC(F)(F)F)cc(C(=O)N3CC[C@]3(C)C#N)n1CC2. The van der Waals surface area contributed by atoms with Crippen LogP contribution in [0.15, 0.2) is 22.7 Å². The average Bonchev–Trinajstić information content (AvgIpc) is 3.03. The molecule has 0 unspecified atom stereocenters. The van der Waals surface area contributed by atoms with Crippen molar-refractivity contribution in [3.05, 3.63) is 39.5 Å². The zero-order valence-electron chi connectivity index (χ0n) is 16.4. The van der Waals surface area contributed by atoms with E-state index in [2.05, 4.69) is 22.0 Å². The Hall–Kier alpha value is -2.47. The van der Waals surface area contributed by atoms with Crippen molar-refractivity contribution in [3.63, 3.8) is 0 Å². The molecule has 158 valence electrons. The number of aryl methyl sites for hydroxylation is 1. The number of ether oxygens (including phenoxy) is 1. The number of halogens is 4. The number of hydrogen-bond donors (Lipinski definition) is 0. The molecule has 4 rings (SSSR count). The number of benzene rings is 1. The number of rotatable bonds is 3. The van der Waals surface area contributed by atoms with Gasteiger partial charge in [0.25, 0.3) is 5.91 Å². The van der Waals surface area contributed by atoms with E-state index in [0.29, 0.717) is 47.4 Å². The number of methoxy groups -OCH3 is 1. The number of aromatic nitrogens is 1. The highest BCUT2D eigenvalue weighted by molar-refractivity contribution is 9.10. The summed E-state index contributed by atoms with van der Waals surface area (Å²) in [7, 11) is 1.53. The Morgan fingerprint density at radius 2 is 2.07 bits per heavy atom. The van der Waals surface area contributed by atoms with Gasteiger partial charge in [-0.15, -0.1) is 0 Å². The largest absolute Gasteiger partial charge is 0.496 e. The van der Waals surface area contributed by atoms with E-state index in [1.807, 2.05) is 6.07 Å².